The van der Waals surface area contributed by atoms with Crippen LogP contribution in [0.25, 0.3) is 0 Å². The molecule has 0 aliphatic carbocycles. The van der Waals surface area contributed by atoms with Gasteiger partial charge >= 0.3 is 0 Å². The van der Waals surface area contributed by atoms with E-state index in [4.69, 9.17) is 5.11 Å². The maximum atomic E-state index is 13.9. The molecule has 1 unspecified atom stereocenters. The summed E-state index contributed by atoms with van der Waals surface area (Å²) in [6.07, 6.45) is 0.340. The zero-order valence-corrected chi connectivity index (χ0v) is 12.6. The van der Waals surface area contributed by atoms with E-state index in [1.165, 1.54) is 12.1 Å². The highest BCUT2D eigenvalue weighted by atomic mass is 19.1. The van der Waals surface area contributed by atoms with Crippen LogP contribution in [-0.2, 0) is 0 Å². The third-order valence-electron chi connectivity index (χ3n) is 3.12. The molecule has 0 saturated carbocycles. The molecule has 0 fully saturated rings. The highest BCUT2D eigenvalue weighted by molar-refractivity contribution is 5.94. The fraction of sp³-hybridized carbons (Fsp3) is 0.438. The van der Waals surface area contributed by atoms with Crippen LogP contribution in [0.4, 0.5) is 4.39 Å². The van der Waals surface area contributed by atoms with E-state index in [1.807, 2.05) is 25.9 Å². The molecular weight excluding hydrogens is 271 g/mol. The van der Waals surface area contributed by atoms with Crippen molar-refractivity contribution in [1.29, 1.82) is 0 Å². The Morgan fingerprint density at radius 2 is 2.19 bits per heavy atom. The molecule has 0 aromatic heterocycles. The van der Waals surface area contributed by atoms with E-state index >= 15 is 0 Å². The Morgan fingerprint density at radius 3 is 2.76 bits per heavy atom. The molecule has 4 nitrogen and oxygen atoms in total. The van der Waals surface area contributed by atoms with Crippen molar-refractivity contribution in [3.63, 3.8) is 0 Å². The second-order valence-corrected chi connectivity index (χ2v) is 4.99. The number of halogens is 1. The minimum absolute atomic E-state index is 0.00802. The molecule has 0 radical (unpaired) electrons. The van der Waals surface area contributed by atoms with Gasteiger partial charge in [-0.2, -0.15) is 0 Å². The van der Waals surface area contributed by atoms with Crippen LogP contribution in [0.2, 0.25) is 0 Å². The first-order chi connectivity index (χ1) is 9.95. The van der Waals surface area contributed by atoms with Crippen molar-refractivity contribution in [3.8, 4) is 11.8 Å². The van der Waals surface area contributed by atoms with Gasteiger partial charge in [-0.1, -0.05) is 11.8 Å². The second kappa shape index (κ2) is 8.40. The Labute approximate surface area is 125 Å². The average Bonchev–Trinajstić information content (AvgIpc) is 2.44. The van der Waals surface area contributed by atoms with Crippen LogP contribution in [0.1, 0.15) is 29.3 Å². The number of amides is 1. The van der Waals surface area contributed by atoms with E-state index in [0.717, 1.165) is 0 Å². The van der Waals surface area contributed by atoms with Gasteiger partial charge in [0.1, 0.15) is 5.82 Å². The largest absolute Gasteiger partial charge is 0.395 e. The van der Waals surface area contributed by atoms with Crippen LogP contribution in [0, 0.1) is 17.7 Å². The van der Waals surface area contributed by atoms with E-state index in [0.29, 0.717) is 18.5 Å². The predicted molar refractivity (Wildman–Crippen MR) is 80.5 cm³/mol. The van der Waals surface area contributed by atoms with E-state index in [1.54, 1.807) is 6.07 Å². The molecule has 21 heavy (non-hydrogen) atoms. The number of aliphatic hydroxyl groups is 1. The molecule has 1 aromatic rings. The van der Waals surface area contributed by atoms with Crippen LogP contribution in [-0.4, -0.2) is 49.2 Å². The van der Waals surface area contributed by atoms with Gasteiger partial charge in [0.25, 0.3) is 5.91 Å². The topological polar surface area (TPSA) is 52.6 Å². The first-order valence-electron chi connectivity index (χ1n) is 6.79. The summed E-state index contributed by atoms with van der Waals surface area (Å²) in [6, 6.07) is 4.42. The minimum atomic E-state index is -0.596. The summed E-state index contributed by atoms with van der Waals surface area (Å²) in [7, 11) is 3.83. The van der Waals surface area contributed by atoms with Crippen LogP contribution < -0.4 is 5.32 Å². The number of carbonyl (C=O) groups excluding carboxylic acids is 1. The SMILES string of the molecule is CC(CNC(=O)c1ccc(C#CCCO)cc1F)N(C)C. The Bertz CT molecular complexity index is 547. The molecule has 0 aliphatic rings. The fourth-order valence-electron chi connectivity index (χ4n) is 1.52. The third-order valence-corrected chi connectivity index (χ3v) is 3.12. The zero-order chi connectivity index (χ0) is 15.8. The molecule has 114 valence electrons. The lowest BCUT2D eigenvalue weighted by Crippen LogP contribution is -2.38. The second-order valence-electron chi connectivity index (χ2n) is 4.99. The monoisotopic (exact) mass is 292 g/mol. The number of hydrogen-bond acceptors (Lipinski definition) is 3. The zero-order valence-electron chi connectivity index (χ0n) is 12.6. The average molecular weight is 292 g/mol. The summed E-state index contributed by atoms with van der Waals surface area (Å²) < 4.78 is 13.9. The summed E-state index contributed by atoms with van der Waals surface area (Å²) in [5.41, 5.74) is 0.493. The first kappa shape index (κ1) is 17.2. The lowest BCUT2D eigenvalue weighted by Gasteiger charge is -2.20. The maximum absolute atomic E-state index is 13.9. The lowest BCUT2D eigenvalue weighted by molar-refractivity contribution is 0.0939. The molecule has 1 rings (SSSR count). The molecule has 5 heteroatoms. The molecule has 0 bridgehead atoms. The lowest BCUT2D eigenvalue weighted by atomic mass is 10.1. The maximum Gasteiger partial charge on any atom is 0.254 e. The molecule has 1 atom stereocenters. The van der Waals surface area contributed by atoms with Crippen molar-refractivity contribution in [2.75, 3.05) is 27.2 Å². The molecule has 0 aliphatic heterocycles. The summed E-state index contributed by atoms with van der Waals surface area (Å²) >= 11 is 0. The summed E-state index contributed by atoms with van der Waals surface area (Å²) in [5.74, 6) is 4.41. The number of benzene rings is 1. The van der Waals surface area contributed by atoms with Gasteiger partial charge in [-0.25, -0.2) is 4.39 Å². The van der Waals surface area contributed by atoms with E-state index < -0.39 is 11.7 Å². The standard InChI is InChI=1S/C16H21FN2O2/c1-12(19(2)3)11-18-16(21)14-8-7-13(10-15(14)17)6-4-5-9-20/h7-8,10,12,20H,5,9,11H2,1-3H3,(H,18,21). The Balaban J connectivity index is 2.72. The van der Waals surface area contributed by atoms with Crippen molar-refractivity contribution in [1.82, 2.24) is 10.2 Å². The van der Waals surface area contributed by atoms with Gasteiger partial charge in [0.15, 0.2) is 0 Å². The molecule has 1 amide bonds. The molecule has 2 N–H and O–H groups in total. The molecule has 0 saturated heterocycles. The van der Waals surface area contributed by atoms with Crippen LogP contribution in [0.5, 0.6) is 0 Å². The number of aliphatic hydroxyl groups excluding tert-OH is 1. The van der Waals surface area contributed by atoms with Gasteiger partial charge in [-0.3, -0.25) is 4.79 Å². The highest BCUT2D eigenvalue weighted by Gasteiger charge is 2.13. The van der Waals surface area contributed by atoms with E-state index in [-0.39, 0.29) is 18.2 Å². The summed E-state index contributed by atoms with van der Waals surface area (Å²) in [5, 5.41) is 11.3. The van der Waals surface area contributed by atoms with Crippen molar-refractivity contribution in [3.05, 3.63) is 35.1 Å². The van der Waals surface area contributed by atoms with Crippen molar-refractivity contribution in [2.24, 2.45) is 0 Å². The Hall–Kier alpha value is -1.90. The van der Waals surface area contributed by atoms with Gasteiger partial charge < -0.3 is 15.3 Å². The number of carbonyl (C=O) groups is 1. The van der Waals surface area contributed by atoms with Crippen LogP contribution >= 0.6 is 0 Å². The number of rotatable bonds is 5. The van der Waals surface area contributed by atoms with Crippen LogP contribution in [0.15, 0.2) is 18.2 Å². The Morgan fingerprint density at radius 1 is 1.48 bits per heavy atom. The molecule has 0 heterocycles. The first-order valence-corrected chi connectivity index (χ1v) is 6.79. The van der Waals surface area contributed by atoms with Gasteiger partial charge in [-0.05, 0) is 39.2 Å². The smallest absolute Gasteiger partial charge is 0.254 e. The molecule has 1 aromatic carbocycles. The predicted octanol–water partition coefficient (Wildman–Crippen LogP) is 1.24. The Kier molecular flexibility index (Phi) is 6.86. The van der Waals surface area contributed by atoms with Crippen molar-refractivity contribution >= 4 is 5.91 Å². The normalized spacial score (nSPS) is 11.7. The number of nitrogens with zero attached hydrogens (tertiary/aromatic N) is 1. The number of nitrogens with one attached hydrogen (secondary N) is 1. The van der Waals surface area contributed by atoms with E-state index in [2.05, 4.69) is 17.2 Å². The van der Waals surface area contributed by atoms with Crippen molar-refractivity contribution < 1.29 is 14.3 Å². The van der Waals surface area contributed by atoms with E-state index in [9.17, 15) is 9.18 Å². The van der Waals surface area contributed by atoms with Gasteiger partial charge in [-0.15, -0.1) is 0 Å². The van der Waals surface area contributed by atoms with Gasteiger partial charge in [0.2, 0.25) is 0 Å². The molecular formula is C16H21FN2O2. The summed E-state index contributed by atoms with van der Waals surface area (Å²) in [6.45, 7) is 2.39. The van der Waals surface area contributed by atoms with Crippen molar-refractivity contribution in [2.45, 2.75) is 19.4 Å². The third kappa shape index (κ3) is 5.54. The number of hydrogen-bond donors (Lipinski definition) is 2. The quantitative estimate of drug-likeness (QED) is 0.803. The number of likely N-dealkylation sites (N-methyl/N-ethyl adjacent to an activating group) is 1. The van der Waals surface area contributed by atoms with Gasteiger partial charge in [0.05, 0.1) is 12.2 Å². The minimum Gasteiger partial charge on any atom is -0.395 e. The van der Waals surface area contributed by atoms with Crippen LogP contribution in [0.3, 0.4) is 0 Å². The summed E-state index contributed by atoms with van der Waals surface area (Å²) in [4.78, 5) is 13.9. The van der Waals surface area contributed by atoms with Gasteiger partial charge in [0, 0.05) is 24.6 Å². The fourth-order valence-corrected chi connectivity index (χ4v) is 1.52. The highest BCUT2D eigenvalue weighted by Crippen LogP contribution is 2.10. The molecule has 0 spiro atoms.